The molecule has 17 heavy (non-hydrogen) atoms. The number of rotatable bonds is 2. The first-order valence-corrected chi connectivity index (χ1v) is 5.76. The number of anilines is 1. The minimum Gasteiger partial charge on any atom is -0.399 e. The van der Waals surface area contributed by atoms with Crippen molar-refractivity contribution in [3.63, 3.8) is 0 Å². The van der Waals surface area contributed by atoms with Gasteiger partial charge in [-0.3, -0.25) is 0 Å². The molecule has 0 spiro atoms. The van der Waals surface area contributed by atoms with Gasteiger partial charge in [0.15, 0.2) is 0 Å². The van der Waals surface area contributed by atoms with Crippen molar-refractivity contribution in [3.8, 4) is 16.4 Å². The molecule has 2 N–H and O–H groups in total. The summed E-state index contributed by atoms with van der Waals surface area (Å²) in [7, 11) is 0. The number of benzene rings is 1. The summed E-state index contributed by atoms with van der Waals surface area (Å²) in [5, 5.41) is 13.6. The van der Waals surface area contributed by atoms with E-state index in [4.69, 9.17) is 5.73 Å². The lowest BCUT2D eigenvalue weighted by Gasteiger charge is -1.97. The Balaban J connectivity index is 2.01. The van der Waals surface area contributed by atoms with E-state index >= 15 is 0 Å². The lowest BCUT2D eigenvalue weighted by Crippen LogP contribution is -1.94. The van der Waals surface area contributed by atoms with Crippen LogP contribution in [0.4, 0.5) is 5.69 Å². The van der Waals surface area contributed by atoms with Crippen LogP contribution in [0.25, 0.3) is 16.4 Å². The molecule has 0 unspecified atom stereocenters. The summed E-state index contributed by atoms with van der Waals surface area (Å²) in [5.41, 5.74) is 8.31. The number of tetrazole rings is 1. The molecule has 0 aliphatic rings. The van der Waals surface area contributed by atoms with Gasteiger partial charge in [0, 0.05) is 16.6 Å². The molecule has 0 radical (unpaired) electrons. The zero-order valence-corrected chi connectivity index (χ0v) is 9.50. The lowest BCUT2D eigenvalue weighted by molar-refractivity contribution is 0.784. The van der Waals surface area contributed by atoms with E-state index in [0.717, 1.165) is 22.1 Å². The van der Waals surface area contributed by atoms with E-state index < -0.39 is 0 Å². The molecule has 0 bridgehead atoms. The van der Waals surface area contributed by atoms with Crippen LogP contribution in [0.3, 0.4) is 0 Å². The zero-order valence-electron chi connectivity index (χ0n) is 8.69. The summed E-state index contributed by atoms with van der Waals surface area (Å²) in [6.45, 7) is 0. The van der Waals surface area contributed by atoms with Crippen molar-refractivity contribution >= 4 is 17.0 Å². The van der Waals surface area contributed by atoms with E-state index in [2.05, 4.69) is 20.5 Å². The topological polar surface area (TPSA) is 82.5 Å². The van der Waals surface area contributed by atoms with Crippen LogP contribution in [0.5, 0.6) is 0 Å². The van der Waals surface area contributed by atoms with Crippen molar-refractivity contribution in [2.45, 2.75) is 0 Å². The summed E-state index contributed by atoms with van der Waals surface area (Å²) in [6, 6.07) is 7.60. The van der Waals surface area contributed by atoms with E-state index in [1.807, 2.05) is 29.6 Å². The summed E-state index contributed by atoms with van der Waals surface area (Å²) in [5.74, 6) is 0. The fourth-order valence-electron chi connectivity index (χ4n) is 1.45. The molecule has 2 aromatic heterocycles. The minimum atomic E-state index is 0.722. The second-order valence-corrected chi connectivity index (χ2v) is 4.23. The maximum absolute atomic E-state index is 5.74. The van der Waals surface area contributed by atoms with E-state index in [0.29, 0.717) is 0 Å². The first kappa shape index (κ1) is 9.91. The highest BCUT2D eigenvalue weighted by atomic mass is 32.1. The van der Waals surface area contributed by atoms with Gasteiger partial charge < -0.3 is 5.73 Å². The normalized spacial score (nSPS) is 10.6. The molecule has 0 fully saturated rings. The Morgan fingerprint density at radius 3 is 3.00 bits per heavy atom. The van der Waals surface area contributed by atoms with Crippen LogP contribution >= 0.6 is 11.3 Å². The number of nitrogen functional groups attached to an aromatic ring is 1. The van der Waals surface area contributed by atoms with Gasteiger partial charge in [0.1, 0.15) is 6.33 Å². The molecular formula is C10H8N6S. The van der Waals surface area contributed by atoms with Crippen LogP contribution < -0.4 is 5.73 Å². The van der Waals surface area contributed by atoms with Crippen molar-refractivity contribution in [1.82, 2.24) is 25.2 Å². The van der Waals surface area contributed by atoms with Gasteiger partial charge in [-0.1, -0.05) is 12.1 Å². The Hall–Kier alpha value is -2.28. The third-order valence-corrected chi connectivity index (χ3v) is 3.05. The van der Waals surface area contributed by atoms with Crippen molar-refractivity contribution in [3.05, 3.63) is 36.0 Å². The van der Waals surface area contributed by atoms with E-state index in [1.54, 1.807) is 0 Å². The predicted molar refractivity (Wildman–Crippen MR) is 64.7 cm³/mol. The van der Waals surface area contributed by atoms with Crippen molar-refractivity contribution in [1.29, 1.82) is 0 Å². The molecule has 7 heteroatoms. The third kappa shape index (κ3) is 1.87. The Bertz CT molecular complexity index is 630. The van der Waals surface area contributed by atoms with Gasteiger partial charge in [0.25, 0.3) is 0 Å². The molecule has 0 saturated heterocycles. The highest BCUT2D eigenvalue weighted by molar-refractivity contribution is 7.12. The minimum absolute atomic E-state index is 0.722. The van der Waals surface area contributed by atoms with E-state index in [9.17, 15) is 0 Å². The largest absolute Gasteiger partial charge is 0.399 e. The van der Waals surface area contributed by atoms with Crippen LogP contribution in [0.2, 0.25) is 0 Å². The molecule has 0 saturated carbocycles. The molecule has 0 aliphatic heterocycles. The second kappa shape index (κ2) is 3.95. The first-order valence-electron chi connectivity index (χ1n) is 4.88. The van der Waals surface area contributed by atoms with Gasteiger partial charge in [-0.15, -0.1) is 16.4 Å². The molecule has 3 rings (SSSR count). The van der Waals surface area contributed by atoms with Crippen LogP contribution in [0.1, 0.15) is 0 Å². The summed E-state index contributed by atoms with van der Waals surface area (Å²) in [6.07, 6.45) is 1.52. The molecule has 2 heterocycles. The predicted octanol–water partition coefficient (Wildman–Crippen LogP) is 1.37. The molecule has 0 aliphatic carbocycles. The van der Waals surface area contributed by atoms with Crippen molar-refractivity contribution in [2.24, 2.45) is 0 Å². The van der Waals surface area contributed by atoms with E-state index in [-0.39, 0.29) is 0 Å². The van der Waals surface area contributed by atoms with Crippen LogP contribution in [-0.2, 0) is 0 Å². The summed E-state index contributed by atoms with van der Waals surface area (Å²) < 4.78 is 1.53. The second-order valence-electron chi connectivity index (χ2n) is 3.40. The Kier molecular flexibility index (Phi) is 2.30. The van der Waals surface area contributed by atoms with Gasteiger partial charge in [-0.25, -0.2) is 4.98 Å². The summed E-state index contributed by atoms with van der Waals surface area (Å²) >= 11 is 1.48. The van der Waals surface area contributed by atoms with Gasteiger partial charge in [-0.2, -0.15) is 4.68 Å². The lowest BCUT2D eigenvalue weighted by atomic mass is 10.1. The molecule has 1 aromatic carbocycles. The number of nitrogens with zero attached hydrogens (tertiary/aromatic N) is 5. The first-order chi connectivity index (χ1) is 8.33. The number of thiazole rings is 1. The van der Waals surface area contributed by atoms with Crippen LogP contribution in [0, 0.1) is 0 Å². The number of nitrogens with two attached hydrogens (primary N) is 1. The fraction of sp³-hybridized carbons (Fsp3) is 0. The number of hydrogen-bond acceptors (Lipinski definition) is 6. The maximum Gasteiger partial charge on any atom is 0.213 e. The number of hydrogen-bond donors (Lipinski definition) is 1. The molecule has 84 valence electrons. The molecular weight excluding hydrogens is 236 g/mol. The smallest absolute Gasteiger partial charge is 0.213 e. The van der Waals surface area contributed by atoms with E-state index in [1.165, 1.54) is 22.3 Å². The highest BCUT2D eigenvalue weighted by Crippen LogP contribution is 2.24. The quantitative estimate of drug-likeness (QED) is 0.688. The van der Waals surface area contributed by atoms with Gasteiger partial charge >= 0.3 is 0 Å². The fourth-order valence-corrected chi connectivity index (χ4v) is 2.20. The molecule has 6 nitrogen and oxygen atoms in total. The van der Waals surface area contributed by atoms with Crippen molar-refractivity contribution in [2.75, 3.05) is 5.73 Å². The van der Waals surface area contributed by atoms with Gasteiger partial charge in [0.2, 0.25) is 5.13 Å². The monoisotopic (exact) mass is 244 g/mol. The van der Waals surface area contributed by atoms with Crippen LogP contribution in [0.15, 0.2) is 36.0 Å². The maximum atomic E-state index is 5.74. The van der Waals surface area contributed by atoms with Gasteiger partial charge in [0.05, 0.1) is 5.69 Å². The average molecular weight is 244 g/mol. The highest BCUT2D eigenvalue weighted by Gasteiger charge is 2.07. The average Bonchev–Trinajstić information content (AvgIpc) is 3.00. The zero-order chi connectivity index (χ0) is 11.7. The summed E-state index contributed by atoms with van der Waals surface area (Å²) in [4.78, 5) is 4.45. The Morgan fingerprint density at radius 1 is 1.29 bits per heavy atom. The SMILES string of the molecule is Nc1cccc(-c2csc(-n3cnnn3)n2)c1. The number of aromatic nitrogens is 5. The molecule has 3 aromatic rings. The Labute approximate surface area is 101 Å². The standard InChI is InChI=1S/C10H8N6S/c11-8-3-1-2-7(4-8)9-5-17-10(13-9)16-6-12-14-15-16/h1-6H,11H2. The van der Waals surface area contributed by atoms with Gasteiger partial charge in [-0.05, 0) is 22.6 Å². The van der Waals surface area contributed by atoms with Crippen LogP contribution in [-0.4, -0.2) is 25.2 Å². The molecule has 0 amide bonds. The Morgan fingerprint density at radius 2 is 2.24 bits per heavy atom. The third-order valence-electron chi connectivity index (χ3n) is 2.22. The molecule has 0 atom stereocenters. The van der Waals surface area contributed by atoms with Crippen molar-refractivity contribution < 1.29 is 0 Å².